The predicted octanol–water partition coefficient (Wildman–Crippen LogP) is 13.5. The maximum absolute atomic E-state index is 5.60. The first kappa shape index (κ1) is 34.6. The summed E-state index contributed by atoms with van der Waals surface area (Å²) in [5, 5.41) is 1.93. The van der Waals surface area contributed by atoms with Crippen LogP contribution in [0.1, 0.15) is 55.6 Å². The molecule has 0 heterocycles. The van der Waals surface area contributed by atoms with Crippen LogP contribution in [-0.4, -0.2) is 6.26 Å². The monoisotopic (exact) mass is 719 g/mol. The molecule has 3 heteroatoms. The second kappa shape index (κ2) is 14.2. The molecule has 6 aromatic carbocycles. The third-order valence-corrected chi connectivity index (χ3v) is 12.4. The Balaban J connectivity index is 1.50. The highest BCUT2D eigenvalue weighted by molar-refractivity contribution is 8.01. The number of benzene rings is 6. The zero-order chi connectivity index (χ0) is 36.7. The van der Waals surface area contributed by atoms with Gasteiger partial charge in [0.15, 0.2) is 0 Å². The first-order valence-electron chi connectivity index (χ1n) is 17.8. The summed E-state index contributed by atoms with van der Waals surface area (Å²) in [5.41, 5.74) is 26.4. The lowest BCUT2D eigenvalue weighted by Gasteiger charge is -2.32. The second-order valence-corrected chi connectivity index (χ2v) is 15.2. The number of fused-ring (bicyclic) bond motifs is 10. The van der Waals surface area contributed by atoms with E-state index < -0.39 is 5.41 Å². The van der Waals surface area contributed by atoms with Crippen molar-refractivity contribution >= 4 is 47.8 Å². The van der Waals surface area contributed by atoms with E-state index in [4.69, 9.17) is 5.73 Å². The number of hydrogen-bond acceptors (Lipinski definition) is 3. The van der Waals surface area contributed by atoms with E-state index in [0.29, 0.717) is 0 Å². The van der Waals surface area contributed by atoms with Gasteiger partial charge in [0.2, 0.25) is 0 Å². The molecule has 0 fully saturated rings. The van der Waals surface area contributed by atoms with Gasteiger partial charge in [-0.05, 0) is 124 Å². The van der Waals surface area contributed by atoms with Gasteiger partial charge in [0, 0.05) is 17.7 Å². The molecule has 0 radical (unpaired) electrons. The smallest absolute Gasteiger partial charge is 0.0726 e. The quantitative estimate of drug-likeness (QED) is 0.144. The summed E-state index contributed by atoms with van der Waals surface area (Å²) in [7, 11) is 0. The molecule has 1 spiro atoms. The fourth-order valence-electron chi connectivity index (χ4n) is 8.80. The van der Waals surface area contributed by atoms with E-state index in [1.807, 2.05) is 41.5 Å². The molecule has 0 amide bonds. The molecule has 2 aliphatic rings. The lowest BCUT2D eigenvalue weighted by Crippen LogP contribution is -2.26. The summed E-state index contributed by atoms with van der Waals surface area (Å²) in [4.78, 5) is 0. The maximum atomic E-state index is 5.60. The van der Waals surface area contributed by atoms with Crippen molar-refractivity contribution in [1.82, 2.24) is 0 Å². The lowest BCUT2D eigenvalue weighted by atomic mass is 9.69. The molecule has 2 N–H and O–H groups in total. The molecule has 53 heavy (non-hydrogen) atoms. The van der Waals surface area contributed by atoms with Crippen molar-refractivity contribution in [3.05, 3.63) is 203 Å². The summed E-state index contributed by atoms with van der Waals surface area (Å²) in [6.07, 6.45) is 11.8. The summed E-state index contributed by atoms with van der Waals surface area (Å²) in [5.74, 6) is 1.84. The van der Waals surface area contributed by atoms with Crippen molar-refractivity contribution in [3.8, 4) is 44.5 Å². The van der Waals surface area contributed by atoms with Crippen LogP contribution in [-0.2, 0) is 16.9 Å². The third kappa shape index (κ3) is 5.25. The van der Waals surface area contributed by atoms with Crippen molar-refractivity contribution in [2.75, 3.05) is 6.26 Å². The van der Waals surface area contributed by atoms with Crippen LogP contribution in [0.2, 0.25) is 0 Å². The number of hydrogen-bond donors (Lipinski definition) is 1. The van der Waals surface area contributed by atoms with E-state index in [1.54, 1.807) is 18.0 Å². The molecule has 0 saturated heterocycles. The topological polar surface area (TPSA) is 26.0 Å². The molecule has 8 rings (SSSR count). The molecule has 0 aromatic heterocycles. The molecule has 0 aliphatic heterocycles. The van der Waals surface area contributed by atoms with Crippen LogP contribution in [0.5, 0.6) is 0 Å². The zero-order valence-corrected chi connectivity index (χ0v) is 31.6. The Kier molecular flexibility index (Phi) is 9.24. The molecule has 1 nitrogen and oxygen atoms in total. The Morgan fingerprint density at radius 1 is 0.528 bits per heavy atom. The molecule has 0 bridgehead atoms. The molecule has 0 atom stereocenters. The highest BCUT2D eigenvalue weighted by atomic mass is 32.2. The van der Waals surface area contributed by atoms with Gasteiger partial charge in [-0.25, -0.2) is 0 Å². The molecular weight excluding hydrogens is 679 g/mol. The van der Waals surface area contributed by atoms with Gasteiger partial charge in [0.1, 0.15) is 0 Å². The first-order valence-corrected chi connectivity index (χ1v) is 20.3. The normalized spacial score (nSPS) is 13.0. The summed E-state index contributed by atoms with van der Waals surface area (Å²) < 4.78 is 0. The van der Waals surface area contributed by atoms with Crippen molar-refractivity contribution in [1.29, 1.82) is 0 Å². The van der Waals surface area contributed by atoms with E-state index in [9.17, 15) is 0 Å². The fourth-order valence-corrected chi connectivity index (χ4v) is 9.92. The summed E-state index contributed by atoms with van der Waals surface area (Å²) >= 11 is 3.53. The van der Waals surface area contributed by atoms with E-state index in [0.717, 1.165) is 56.0 Å². The Bertz CT molecular complexity index is 2430. The van der Waals surface area contributed by atoms with E-state index >= 15 is 0 Å². The van der Waals surface area contributed by atoms with Gasteiger partial charge in [0.05, 0.1) is 5.41 Å². The van der Waals surface area contributed by atoms with Crippen LogP contribution < -0.4 is 5.73 Å². The fraction of sp³-hybridized carbons (Fsp3) is 0.0800. The molecular formula is C50H41NS2. The second-order valence-electron chi connectivity index (χ2n) is 13.5. The molecule has 0 unspecified atom stereocenters. The minimum absolute atomic E-state index is 0.583. The van der Waals surface area contributed by atoms with Crippen molar-refractivity contribution < 1.29 is 0 Å². The van der Waals surface area contributed by atoms with Crippen LogP contribution >= 0.6 is 23.5 Å². The van der Waals surface area contributed by atoms with Gasteiger partial charge >= 0.3 is 0 Å². The van der Waals surface area contributed by atoms with Gasteiger partial charge in [0.25, 0.3) is 0 Å². The Hall–Kier alpha value is -5.48. The Morgan fingerprint density at radius 2 is 0.962 bits per heavy atom. The third-order valence-electron chi connectivity index (χ3n) is 10.9. The van der Waals surface area contributed by atoms with Gasteiger partial charge in [-0.2, -0.15) is 11.8 Å². The van der Waals surface area contributed by atoms with Crippen molar-refractivity contribution in [2.24, 2.45) is 5.73 Å². The minimum atomic E-state index is -0.583. The number of thioether (sulfide) groups is 2. The van der Waals surface area contributed by atoms with E-state index in [-0.39, 0.29) is 0 Å². The highest BCUT2D eigenvalue weighted by Gasteiger charge is 2.53. The SMILES string of the molecule is C=Cc1c(-c2ccc(CSC)cc2)cc2c(c1C=C)-c1c(cc(-c3ccc(CS/C=C\N)cc3)c(C=C)c1C=C)C21c2ccccc2-c2ccccc21. The maximum Gasteiger partial charge on any atom is 0.0726 e. The van der Waals surface area contributed by atoms with Crippen molar-refractivity contribution in [2.45, 2.75) is 16.9 Å². The van der Waals surface area contributed by atoms with E-state index in [1.165, 1.54) is 55.6 Å². The number of nitrogens with two attached hydrogens (primary N) is 1. The van der Waals surface area contributed by atoms with Crippen LogP contribution in [0.25, 0.3) is 68.8 Å². The molecule has 0 saturated carbocycles. The number of rotatable bonds is 11. The van der Waals surface area contributed by atoms with Crippen LogP contribution in [0, 0.1) is 0 Å². The Morgan fingerprint density at radius 3 is 1.38 bits per heavy atom. The average molecular weight is 720 g/mol. The van der Waals surface area contributed by atoms with Crippen LogP contribution in [0.3, 0.4) is 0 Å². The van der Waals surface area contributed by atoms with Crippen molar-refractivity contribution in [3.63, 3.8) is 0 Å². The predicted molar refractivity (Wildman–Crippen MR) is 236 cm³/mol. The van der Waals surface area contributed by atoms with E-state index in [2.05, 4.69) is 142 Å². The van der Waals surface area contributed by atoms with Gasteiger partial charge in [-0.3, -0.25) is 0 Å². The van der Waals surface area contributed by atoms with Gasteiger partial charge in [-0.15, -0.1) is 11.8 Å². The average Bonchev–Trinajstić information content (AvgIpc) is 3.67. The van der Waals surface area contributed by atoms with Gasteiger partial charge < -0.3 is 5.73 Å². The minimum Gasteiger partial charge on any atom is -0.404 e. The highest BCUT2D eigenvalue weighted by Crippen LogP contribution is 2.66. The summed E-state index contributed by atoms with van der Waals surface area (Å²) in [6, 6.07) is 40.7. The largest absolute Gasteiger partial charge is 0.404 e. The lowest BCUT2D eigenvalue weighted by molar-refractivity contribution is 0.794. The summed E-state index contributed by atoms with van der Waals surface area (Å²) in [6.45, 7) is 17.7. The zero-order valence-electron chi connectivity index (χ0n) is 30.0. The van der Waals surface area contributed by atoms with Crippen LogP contribution in [0.15, 0.2) is 147 Å². The Labute approximate surface area is 322 Å². The van der Waals surface area contributed by atoms with Crippen LogP contribution in [0.4, 0.5) is 0 Å². The standard InChI is InChI=1S/C50H41NS2/c1-6-36-38(8-3)48-46(28-42(36)34-22-18-32(19-23-34)30-52-5)50(44-16-12-10-14-40(44)41-15-11-13-17-45(41)50)47-29-43(37(7-2)39(9-4)49(47)48)35-24-20-33(21-25-35)31-53-27-26-51/h6-29H,1-4,30-31,51H2,5H3/b27-26-. The molecule has 258 valence electrons. The van der Waals surface area contributed by atoms with Gasteiger partial charge in [-0.1, -0.05) is 148 Å². The first-order chi connectivity index (χ1) is 26.0. The molecule has 2 aliphatic carbocycles. The molecule has 6 aromatic rings.